The van der Waals surface area contributed by atoms with Crippen molar-refractivity contribution >= 4 is 17.4 Å². The molecule has 20 heavy (non-hydrogen) atoms. The maximum absolute atomic E-state index is 6.25. The zero-order valence-corrected chi connectivity index (χ0v) is 13.4. The van der Waals surface area contributed by atoms with Crippen molar-refractivity contribution in [1.29, 1.82) is 0 Å². The molecule has 1 aliphatic rings. The Morgan fingerprint density at radius 3 is 2.90 bits per heavy atom. The smallest absolute Gasteiger partial charge is 0.129 e. The van der Waals surface area contributed by atoms with E-state index in [2.05, 4.69) is 30.1 Å². The molecule has 0 saturated carbocycles. The molecule has 3 nitrogen and oxygen atoms in total. The van der Waals surface area contributed by atoms with Crippen LogP contribution in [-0.4, -0.2) is 24.1 Å². The van der Waals surface area contributed by atoms with Crippen LogP contribution in [0.5, 0.6) is 0 Å². The van der Waals surface area contributed by atoms with Crippen LogP contribution in [0.2, 0.25) is 5.02 Å². The predicted molar refractivity (Wildman–Crippen MR) is 86.5 cm³/mol. The van der Waals surface area contributed by atoms with Gasteiger partial charge in [0.2, 0.25) is 0 Å². The van der Waals surface area contributed by atoms with Crippen molar-refractivity contribution in [2.24, 2.45) is 0 Å². The summed E-state index contributed by atoms with van der Waals surface area (Å²) < 4.78 is 0. The van der Waals surface area contributed by atoms with Crippen LogP contribution in [0.4, 0.5) is 5.82 Å². The van der Waals surface area contributed by atoms with Gasteiger partial charge in [-0.1, -0.05) is 38.3 Å². The Bertz CT molecular complexity index is 422. The maximum Gasteiger partial charge on any atom is 0.129 e. The van der Waals surface area contributed by atoms with Gasteiger partial charge in [-0.15, -0.1) is 0 Å². The minimum absolute atomic E-state index is 0.623. The summed E-state index contributed by atoms with van der Waals surface area (Å²) in [5.41, 5.74) is 0.963. The number of anilines is 1. The molecule has 1 aliphatic heterocycles. The summed E-state index contributed by atoms with van der Waals surface area (Å²) >= 11 is 6.25. The normalized spacial score (nSPS) is 19.9. The number of nitrogens with one attached hydrogen (secondary N) is 1. The lowest BCUT2D eigenvalue weighted by atomic mass is 10.1. The minimum atomic E-state index is 0.623. The Morgan fingerprint density at radius 2 is 2.15 bits per heavy atom. The van der Waals surface area contributed by atoms with Crippen LogP contribution in [0.3, 0.4) is 0 Å². The maximum atomic E-state index is 6.25. The lowest BCUT2D eigenvalue weighted by Gasteiger charge is -2.30. The summed E-state index contributed by atoms with van der Waals surface area (Å²) in [6.45, 7) is 7.17. The Balaban J connectivity index is 2.20. The molecule has 2 heterocycles. The van der Waals surface area contributed by atoms with Gasteiger partial charge in [-0.3, -0.25) is 0 Å². The minimum Gasteiger partial charge on any atom is -0.354 e. The Morgan fingerprint density at radius 1 is 1.30 bits per heavy atom. The van der Waals surface area contributed by atoms with Gasteiger partial charge < -0.3 is 10.2 Å². The van der Waals surface area contributed by atoms with Crippen molar-refractivity contribution in [3.63, 3.8) is 0 Å². The van der Waals surface area contributed by atoms with Gasteiger partial charge in [-0.25, -0.2) is 4.98 Å². The molecule has 0 spiro atoms. The van der Waals surface area contributed by atoms with Gasteiger partial charge in [-0.2, -0.15) is 0 Å². The Hall–Kier alpha value is -0.800. The molecular formula is C16H26ClN3. The van der Waals surface area contributed by atoms with Gasteiger partial charge in [0.1, 0.15) is 5.82 Å². The van der Waals surface area contributed by atoms with Gasteiger partial charge in [0.05, 0.1) is 10.7 Å². The van der Waals surface area contributed by atoms with Crippen molar-refractivity contribution in [2.45, 2.75) is 58.5 Å². The van der Waals surface area contributed by atoms with E-state index in [0.717, 1.165) is 36.2 Å². The molecule has 0 bridgehead atoms. The molecule has 1 aromatic heterocycles. The number of hydrogen-bond acceptors (Lipinski definition) is 3. The van der Waals surface area contributed by atoms with Gasteiger partial charge in [0.25, 0.3) is 0 Å². The molecule has 0 amide bonds. The van der Waals surface area contributed by atoms with Crippen LogP contribution in [0, 0.1) is 0 Å². The first-order chi connectivity index (χ1) is 9.76. The number of aromatic nitrogens is 1. The average molecular weight is 296 g/mol. The summed E-state index contributed by atoms with van der Waals surface area (Å²) in [6, 6.07) is 4.69. The van der Waals surface area contributed by atoms with Crippen molar-refractivity contribution in [3.8, 4) is 0 Å². The summed E-state index contributed by atoms with van der Waals surface area (Å²) in [6.07, 6.45) is 6.41. The molecule has 4 heteroatoms. The predicted octanol–water partition coefficient (Wildman–Crippen LogP) is 4.00. The summed E-state index contributed by atoms with van der Waals surface area (Å²) in [7, 11) is 0. The monoisotopic (exact) mass is 295 g/mol. The lowest BCUT2D eigenvalue weighted by Crippen LogP contribution is -2.35. The molecular weight excluding hydrogens is 270 g/mol. The average Bonchev–Trinajstić information content (AvgIpc) is 2.71. The fourth-order valence-corrected chi connectivity index (χ4v) is 3.08. The van der Waals surface area contributed by atoms with Gasteiger partial charge >= 0.3 is 0 Å². The molecule has 1 atom stereocenters. The summed E-state index contributed by atoms with van der Waals surface area (Å²) in [4.78, 5) is 7.29. The fraction of sp³-hybridized carbons (Fsp3) is 0.688. The third-order valence-corrected chi connectivity index (χ3v) is 4.43. The molecule has 0 radical (unpaired) electrons. The summed E-state index contributed by atoms with van der Waals surface area (Å²) in [5.74, 6) is 1.09. The van der Waals surface area contributed by atoms with Crippen LogP contribution >= 0.6 is 11.6 Å². The van der Waals surface area contributed by atoms with Crippen LogP contribution in [0.15, 0.2) is 12.1 Å². The SMILES string of the molecule is CCNCc1nc(N2CCCCCC2CC)ccc1Cl. The zero-order valence-electron chi connectivity index (χ0n) is 12.7. The fourth-order valence-electron chi connectivity index (χ4n) is 2.90. The molecule has 1 N–H and O–H groups in total. The second kappa shape index (κ2) is 7.84. The standard InChI is InChI=1S/C16H26ClN3/c1-3-13-8-6-5-7-11-20(13)16-10-9-14(17)15(19-16)12-18-4-2/h9-10,13,18H,3-8,11-12H2,1-2H3. The van der Waals surface area contributed by atoms with Crippen molar-refractivity contribution in [3.05, 3.63) is 22.8 Å². The number of halogens is 1. The first kappa shape index (κ1) is 15.6. The molecule has 0 aliphatic carbocycles. The highest BCUT2D eigenvalue weighted by atomic mass is 35.5. The highest BCUT2D eigenvalue weighted by Crippen LogP contribution is 2.26. The third-order valence-electron chi connectivity index (χ3n) is 4.09. The summed E-state index contributed by atoms with van der Waals surface area (Å²) in [5, 5.41) is 4.07. The van der Waals surface area contributed by atoms with E-state index in [-0.39, 0.29) is 0 Å². The molecule has 1 unspecified atom stereocenters. The highest BCUT2D eigenvalue weighted by Gasteiger charge is 2.21. The van der Waals surface area contributed by atoms with Gasteiger partial charge in [0, 0.05) is 19.1 Å². The van der Waals surface area contributed by atoms with Crippen molar-refractivity contribution in [1.82, 2.24) is 10.3 Å². The quantitative estimate of drug-likeness (QED) is 0.890. The van der Waals surface area contributed by atoms with E-state index in [1.165, 1.54) is 32.1 Å². The third kappa shape index (κ3) is 3.86. The van der Waals surface area contributed by atoms with Crippen LogP contribution in [0.25, 0.3) is 0 Å². The molecule has 112 valence electrons. The van der Waals surface area contributed by atoms with Crippen LogP contribution in [0.1, 0.15) is 51.6 Å². The van der Waals surface area contributed by atoms with Crippen molar-refractivity contribution < 1.29 is 0 Å². The van der Waals surface area contributed by atoms with Crippen LogP contribution in [-0.2, 0) is 6.54 Å². The van der Waals surface area contributed by atoms with E-state index in [9.17, 15) is 0 Å². The van der Waals surface area contributed by atoms with Crippen molar-refractivity contribution in [2.75, 3.05) is 18.0 Å². The number of nitrogens with zero attached hydrogens (tertiary/aromatic N) is 2. The zero-order chi connectivity index (χ0) is 14.4. The first-order valence-corrected chi connectivity index (χ1v) is 8.26. The Kier molecular flexibility index (Phi) is 6.11. The lowest BCUT2D eigenvalue weighted by molar-refractivity contribution is 0.551. The topological polar surface area (TPSA) is 28.2 Å². The molecule has 2 rings (SSSR count). The molecule has 1 aromatic rings. The second-order valence-corrected chi connectivity index (χ2v) is 5.89. The Labute approximate surface area is 127 Å². The molecule has 1 fully saturated rings. The van der Waals surface area contributed by atoms with E-state index < -0.39 is 0 Å². The molecule has 1 saturated heterocycles. The van der Waals surface area contributed by atoms with Gasteiger partial charge in [0.15, 0.2) is 0 Å². The van der Waals surface area contributed by atoms with E-state index >= 15 is 0 Å². The van der Waals surface area contributed by atoms with E-state index in [1.54, 1.807) is 0 Å². The second-order valence-electron chi connectivity index (χ2n) is 5.48. The molecule has 0 aromatic carbocycles. The largest absolute Gasteiger partial charge is 0.354 e. The number of hydrogen-bond donors (Lipinski definition) is 1. The van der Waals surface area contributed by atoms with Crippen LogP contribution < -0.4 is 10.2 Å². The number of rotatable bonds is 5. The first-order valence-electron chi connectivity index (χ1n) is 7.89. The van der Waals surface area contributed by atoms with E-state index in [1.807, 2.05) is 6.07 Å². The number of pyridine rings is 1. The van der Waals surface area contributed by atoms with Gasteiger partial charge in [-0.05, 0) is 37.9 Å². The van der Waals surface area contributed by atoms with E-state index in [0.29, 0.717) is 6.04 Å². The van der Waals surface area contributed by atoms with E-state index in [4.69, 9.17) is 16.6 Å². The highest BCUT2D eigenvalue weighted by molar-refractivity contribution is 6.31.